The number of hydrogen-bond acceptors (Lipinski definition) is 4. The number of nitrogens with zero attached hydrogens (tertiary/aromatic N) is 2. The number of thioether (sulfide) groups is 1. The molecule has 1 aromatic rings. The van der Waals surface area contributed by atoms with E-state index in [0.29, 0.717) is 12.0 Å². The number of nitrogens with one attached hydrogen (secondary N) is 1. The van der Waals surface area contributed by atoms with Gasteiger partial charge in [0.2, 0.25) is 0 Å². The van der Waals surface area contributed by atoms with Crippen molar-refractivity contribution in [1.29, 1.82) is 0 Å². The molecule has 2 atom stereocenters. The van der Waals surface area contributed by atoms with E-state index >= 15 is 0 Å². The van der Waals surface area contributed by atoms with Crippen LogP contribution in [0, 0.1) is 5.92 Å². The summed E-state index contributed by atoms with van der Waals surface area (Å²) in [5, 5.41) is 4.49. The molecule has 1 aliphatic rings. The Hall–Kier alpha value is -0.520. The topological polar surface area (TPSA) is 55.9 Å². The molecular formula is C12H22N4S. The summed E-state index contributed by atoms with van der Waals surface area (Å²) in [6.45, 7) is 2.14. The molecule has 3 N–H and O–H groups in total. The molecule has 5 heteroatoms. The zero-order valence-corrected chi connectivity index (χ0v) is 11.5. The van der Waals surface area contributed by atoms with Crippen molar-refractivity contribution in [2.24, 2.45) is 18.8 Å². The van der Waals surface area contributed by atoms with E-state index in [1.807, 2.05) is 23.5 Å². The second kappa shape index (κ2) is 5.89. The molecule has 4 nitrogen and oxygen atoms in total. The van der Waals surface area contributed by atoms with Gasteiger partial charge < -0.3 is 0 Å². The average Bonchev–Trinajstić information content (AvgIpc) is 2.96. The van der Waals surface area contributed by atoms with Crippen LogP contribution >= 0.6 is 11.8 Å². The van der Waals surface area contributed by atoms with E-state index in [4.69, 9.17) is 5.84 Å². The number of aromatic nitrogens is 2. The van der Waals surface area contributed by atoms with E-state index in [1.54, 1.807) is 0 Å². The van der Waals surface area contributed by atoms with Crippen molar-refractivity contribution in [1.82, 2.24) is 15.2 Å². The maximum absolute atomic E-state index is 5.70. The van der Waals surface area contributed by atoms with Crippen molar-refractivity contribution >= 4 is 11.8 Å². The Morgan fingerprint density at radius 3 is 3.06 bits per heavy atom. The summed E-state index contributed by atoms with van der Waals surface area (Å²) in [6, 6.07) is 2.58. The summed E-state index contributed by atoms with van der Waals surface area (Å²) < 4.78 is 1.99. The highest BCUT2D eigenvalue weighted by Crippen LogP contribution is 2.27. The number of hydrazine groups is 1. The van der Waals surface area contributed by atoms with E-state index in [1.165, 1.54) is 29.3 Å². The van der Waals surface area contributed by atoms with Gasteiger partial charge in [0.05, 0.1) is 5.69 Å². The van der Waals surface area contributed by atoms with Crippen LogP contribution in [0.2, 0.25) is 0 Å². The van der Waals surface area contributed by atoms with Gasteiger partial charge in [-0.2, -0.15) is 16.9 Å². The quantitative estimate of drug-likeness (QED) is 0.610. The maximum atomic E-state index is 5.70. The average molecular weight is 254 g/mol. The predicted octanol–water partition coefficient (Wildman–Crippen LogP) is 1.11. The molecule has 1 saturated heterocycles. The van der Waals surface area contributed by atoms with Crippen LogP contribution in [0.3, 0.4) is 0 Å². The Balaban J connectivity index is 2.03. The maximum Gasteiger partial charge on any atom is 0.0624 e. The molecule has 0 aliphatic carbocycles. The molecule has 0 radical (unpaired) electrons. The van der Waals surface area contributed by atoms with Gasteiger partial charge in [0.15, 0.2) is 0 Å². The monoisotopic (exact) mass is 254 g/mol. The largest absolute Gasteiger partial charge is 0.272 e. The van der Waals surface area contributed by atoms with Crippen molar-refractivity contribution in [3.05, 3.63) is 17.5 Å². The fourth-order valence-corrected chi connectivity index (χ4v) is 3.73. The molecular weight excluding hydrogens is 232 g/mol. The van der Waals surface area contributed by atoms with Crippen LogP contribution in [0.4, 0.5) is 0 Å². The lowest BCUT2D eigenvalue weighted by Gasteiger charge is -2.21. The van der Waals surface area contributed by atoms with Crippen LogP contribution < -0.4 is 11.3 Å². The van der Waals surface area contributed by atoms with Crippen LogP contribution in [-0.4, -0.2) is 27.3 Å². The molecule has 0 amide bonds. The predicted molar refractivity (Wildman–Crippen MR) is 72.8 cm³/mol. The zero-order chi connectivity index (χ0) is 12.3. The fourth-order valence-electron chi connectivity index (χ4n) is 2.39. The third-order valence-corrected chi connectivity index (χ3v) is 4.75. The van der Waals surface area contributed by atoms with E-state index in [0.717, 1.165) is 12.8 Å². The number of hydrogen-bond donors (Lipinski definition) is 2. The lowest BCUT2D eigenvalue weighted by Crippen LogP contribution is -2.42. The first kappa shape index (κ1) is 12.9. The SMILES string of the molecule is CCc1cc(CC(NN)C2CCSC2)n(C)n1. The molecule has 0 bridgehead atoms. The Morgan fingerprint density at radius 1 is 1.71 bits per heavy atom. The summed E-state index contributed by atoms with van der Waals surface area (Å²) in [6.07, 6.45) is 3.25. The molecule has 0 spiro atoms. The minimum Gasteiger partial charge on any atom is -0.272 e. The van der Waals surface area contributed by atoms with Crippen molar-refractivity contribution in [3.8, 4) is 0 Å². The summed E-state index contributed by atoms with van der Waals surface area (Å²) in [4.78, 5) is 0. The van der Waals surface area contributed by atoms with Gasteiger partial charge in [-0.15, -0.1) is 0 Å². The number of rotatable bonds is 5. The van der Waals surface area contributed by atoms with Gasteiger partial charge in [-0.05, 0) is 36.3 Å². The van der Waals surface area contributed by atoms with Gasteiger partial charge in [0.25, 0.3) is 0 Å². The van der Waals surface area contributed by atoms with Crippen LogP contribution in [0.1, 0.15) is 24.7 Å². The molecule has 1 aliphatic heterocycles. The highest BCUT2D eigenvalue weighted by atomic mass is 32.2. The number of nitrogens with two attached hydrogens (primary N) is 1. The first-order valence-corrected chi connectivity index (χ1v) is 7.45. The lowest BCUT2D eigenvalue weighted by atomic mass is 9.95. The molecule has 17 heavy (non-hydrogen) atoms. The summed E-state index contributed by atoms with van der Waals surface area (Å²) in [5.74, 6) is 8.90. The first-order chi connectivity index (χ1) is 8.24. The van der Waals surface area contributed by atoms with E-state index in [9.17, 15) is 0 Å². The van der Waals surface area contributed by atoms with Gasteiger partial charge in [-0.25, -0.2) is 0 Å². The molecule has 96 valence electrons. The van der Waals surface area contributed by atoms with Crippen LogP contribution in [-0.2, 0) is 19.9 Å². The van der Waals surface area contributed by atoms with Gasteiger partial charge in [-0.3, -0.25) is 16.0 Å². The Labute approximate surface area is 107 Å². The summed E-state index contributed by atoms with van der Waals surface area (Å²) >= 11 is 2.03. The third kappa shape index (κ3) is 3.03. The lowest BCUT2D eigenvalue weighted by molar-refractivity contribution is 0.379. The summed E-state index contributed by atoms with van der Waals surface area (Å²) in [5.41, 5.74) is 5.44. The highest BCUT2D eigenvalue weighted by molar-refractivity contribution is 7.99. The van der Waals surface area contributed by atoms with Crippen molar-refractivity contribution < 1.29 is 0 Å². The van der Waals surface area contributed by atoms with Gasteiger partial charge in [-0.1, -0.05) is 6.92 Å². The van der Waals surface area contributed by atoms with E-state index in [2.05, 4.69) is 23.5 Å². The fraction of sp³-hybridized carbons (Fsp3) is 0.750. The van der Waals surface area contributed by atoms with Crippen LogP contribution in [0.15, 0.2) is 6.07 Å². The Morgan fingerprint density at radius 2 is 2.53 bits per heavy atom. The van der Waals surface area contributed by atoms with Crippen LogP contribution in [0.25, 0.3) is 0 Å². The minimum atomic E-state index is 0.380. The van der Waals surface area contributed by atoms with Gasteiger partial charge >= 0.3 is 0 Å². The molecule has 1 aromatic heterocycles. The Bertz CT molecular complexity index is 357. The smallest absolute Gasteiger partial charge is 0.0624 e. The molecule has 2 heterocycles. The molecule has 2 rings (SSSR count). The van der Waals surface area contributed by atoms with E-state index < -0.39 is 0 Å². The minimum absolute atomic E-state index is 0.380. The second-order valence-corrected chi connectivity index (χ2v) is 5.85. The Kier molecular flexibility index (Phi) is 4.48. The standard InChI is InChI=1S/C12H22N4S/c1-3-10-6-11(16(2)15-10)7-12(14-13)9-4-5-17-8-9/h6,9,12,14H,3-5,7-8,13H2,1-2H3. The summed E-state index contributed by atoms with van der Waals surface area (Å²) in [7, 11) is 2.02. The van der Waals surface area contributed by atoms with Crippen LogP contribution in [0.5, 0.6) is 0 Å². The molecule has 0 aromatic carbocycles. The number of aryl methyl sites for hydroxylation is 2. The highest BCUT2D eigenvalue weighted by Gasteiger charge is 2.25. The van der Waals surface area contributed by atoms with E-state index in [-0.39, 0.29) is 0 Å². The van der Waals surface area contributed by atoms with Crippen molar-refractivity contribution in [2.75, 3.05) is 11.5 Å². The zero-order valence-electron chi connectivity index (χ0n) is 10.6. The van der Waals surface area contributed by atoms with Gasteiger partial charge in [0.1, 0.15) is 0 Å². The first-order valence-electron chi connectivity index (χ1n) is 6.30. The van der Waals surface area contributed by atoms with Crippen molar-refractivity contribution in [3.63, 3.8) is 0 Å². The molecule has 0 saturated carbocycles. The third-order valence-electron chi connectivity index (χ3n) is 3.57. The van der Waals surface area contributed by atoms with Crippen molar-refractivity contribution in [2.45, 2.75) is 32.2 Å². The van der Waals surface area contributed by atoms with Gasteiger partial charge in [0, 0.05) is 25.2 Å². The molecule has 2 unspecified atom stereocenters. The molecule has 1 fully saturated rings. The normalized spacial score (nSPS) is 21.9. The second-order valence-electron chi connectivity index (χ2n) is 4.71.